The molecule has 0 rings (SSSR count). The molecule has 0 unspecified atom stereocenters. The van der Waals surface area contributed by atoms with Crippen LogP contribution in [0.15, 0.2) is 0 Å². The number of hydrogen-bond acceptors (Lipinski definition) is 6. The average molecular weight is 220 g/mol. The molecule has 11 heavy (non-hydrogen) atoms. The Morgan fingerprint density at radius 3 is 1.09 bits per heavy atom. The fourth-order valence-corrected chi connectivity index (χ4v) is 7.42. The standard InChI is InChI=1S/C2H8O6S2Si/c1-9(3,4)11(7,8)10(2,5)6/h7-8H,1-2H3. The first kappa shape index (κ1) is 11.0. The maximum atomic E-state index is 10.5. The molecule has 0 atom stereocenters. The zero-order chi connectivity index (χ0) is 9.50. The van der Waals surface area contributed by atoms with Gasteiger partial charge in [-0.1, -0.05) is 0 Å². The van der Waals surface area contributed by atoms with Crippen molar-refractivity contribution in [2.45, 2.75) is 0 Å². The van der Waals surface area contributed by atoms with Crippen molar-refractivity contribution in [1.82, 2.24) is 0 Å². The maximum absolute atomic E-state index is 10.5. The van der Waals surface area contributed by atoms with Gasteiger partial charge in [0.05, 0.1) is 0 Å². The monoisotopic (exact) mass is 220 g/mol. The van der Waals surface area contributed by atoms with Crippen LogP contribution in [-0.4, -0.2) is 45.8 Å². The van der Waals surface area contributed by atoms with Crippen LogP contribution >= 0.6 is 0 Å². The maximum Gasteiger partial charge on any atom is 0.593 e. The summed E-state index contributed by atoms with van der Waals surface area (Å²) in [6.07, 6.45) is 0.945. The Balaban J connectivity index is 5.45. The van der Waals surface area contributed by atoms with Gasteiger partial charge in [-0.3, -0.25) is 0 Å². The van der Waals surface area contributed by atoms with Crippen molar-refractivity contribution >= 4 is 25.4 Å². The fraction of sp³-hybridized carbons (Fsp3) is 1.00. The summed E-state index contributed by atoms with van der Waals surface area (Å²) in [5, 5.41) is 0. The van der Waals surface area contributed by atoms with E-state index >= 15 is 0 Å². The Hall–Kier alpha value is 0.0369. The molecule has 0 aromatic carbocycles. The molecule has 0 saturated carbocycles. The summed E-state index contributed by atoms with van der Waals surface area (Å²) in [5.41, 5.74) is 0. The molecule has 0 spiro atoms. The third kappa shape index (κ3) is 1.99. The average Bonchev–Trinajstić information content (AvgIpc) is 1.58. The molecule has 2 N–H and O–H groups in total. The smallest absolute Gasteiger partial charge is 0.390 e. The summed E-state index contributed by atoms with van der Waals surface area (Å²) in [5.74, 6) is 0. The zero-order valence-electron chi connectivity index (χ0n) is 5.84. The van der Waals surface area contributed by atoms with E-state index in [1.807, 2.05) is 0 Å². The van der Waals surface area contributed by atoms with E-state index in [0.29, 0.717) is 12.5 Å². The van der Waals surface area contributed by atoms with Gasteiger partial charge in [0.2, 0.25) is 0 Å². The van der Waals surface area contributed by atoms with Gasteiger partial charge in [-0.15, -0.1) is 0 Å². The second kappa shape index (κ2) is 2.52. The minimum atomic E-state index is -5.16. The SMILES string of the molecule is CS(=O)(=O)[Si](O)(O)S(C)(=O)=O. The van der Waals surface area contributed by atoms with Gasteiger partial charge in [-0.05, 0) is 0 Å². The molecule has 0 heterocycles. The van der Waals surface area contributed by atoms with Gasteiger partial charge in [0, 0.05) is 12.5 Å². The van der Waals surface area contributed by atoms with Gasteiger partial charge in [-0.25, -0.2) is 16.8 Å². The molecule has 9 heteroatoms. The second-order valence-electron chi connectivity index (χ2n) is 2.09. The van der Waals surface area contributed by atoms with Crippen molar-refractivity contribution in [2.75, 3.05) is 12.5 Å². The second-order valence-corrected chi connectivity index (χ2v) is 14.9. The Morgan fingerprint density at radius 1 is 0.909 bits per heavy atom. The highest BCUT2D eigenvalue weighted by molar-refractivity contribution is 8.48. The van der Waals surface area contributed by atoms with Crippen LogP contribution < -0.4 is 0 Å². The van der Waals surface area contributed by atoms with Crippen molar-refractivity contribution in [3.63, 3.8) is 0 Å². The van der Waals surface area contributed by atoms with E-state index in [1.54, 1.807) is 0 Å². The molecule has 0 radical (unpaired) electrons. The van der Waals surface area contributed by atoms with Crippen LogP contribution in [-0.2, 0) is 18.6 Å². The lowest BCUT2D eigenvalue weighted by Crippen LogP contribution is -2.51. The molecule has 0 aliphatic rings. The highest BCUT2D eigenvalue weighted by Gasteiger charge is 2.54. The van der Waals surface area contributed by atoms with E-state index in [9.17, 15) is 16.8 Å². The van der Waals surface area contributed by atoms with E-state index < -0.39 is 25.4 Å². The minimum absolute atomic E-state index is 0.472. The summed E-state index contributed by atoms with van der Waals surface area (Å²) in [4.78, 5) is 17.4. The lowest BCUT2D eigenvalue weighted by atomic mass is 12.0. The molecule has 0 fully saturated rings. The summed E-state index contributed by atoms with van der Waals surface area (Å²) < 4.78 is 41.9. The topological polar surface area (TPSA) is 109 Å². The molecule has 6 nitrogen and oxygen atoms in total. The van der Waals surface area contributed by atoms with E-state index in [4.69, 9.17) is 9.59 Å². The van der Waals surface area contributed by atoms with Gasteiger partial charge in [0.15, 0.2) is 18.6 Å². The van der Waals surface area contributed by atoms with Crippen LogP contribution in [0.1, 0.15) is 0 Å². The van der Waals surface area contributed by atoms with E-state index in [0.717, 1.165) is 0 Å². The summed E-state index contributed by atoms with van der Waals surface area (Å²) in [6, 6.07) is 0. The molecular weight excluding hydrogens is 212 g/mol. The molecule has 0 aliphatic carbocycles. The summed E-state index contributed by atoms with van der Waals surface area (Å²) >= 11 is 0. The number of hydrogen-bond donors (Lipinski definition) is 2. The highest BCUT2D eigenvalue weighted by atomic mass is 32.6. The predicted molar refractivity (Wildman–Crippen MR) is 39.9 cm³/mol. The van der Waals surface area contributed by atoms with Crippen molar-refractivity contribution in [3.05, 3.63) is 0 Å². The Morgan fingerprint density at radius 2 is 1.09 bits per heavy atom. The first-order valence-corrected chi connectivity index (χ1v) is 9.47. The predicted octanol–water partition coefficient (Wildman–Crippen LogP) is -2.50. The van der Waals surface area contributed by atoms with Crippen LogP contribution in [0.25, 0.3) is 0 Å². The van der Waals surface area contributed by atoms with Crippen LogP contribution in [0.4, 0.5) is 0 Å². The molecule has 0 aromatic heterocycles. The molecule has 0 saturated heterocycles. The van der Waals surface area contributed by atoms with Crippen molar-refractivity contribution < 1.29 is 26.4 Å². The van der Waals surface area contributed by atoms with Crippen LogP contribution in [0.5, 0.6) is 0 Å². The van der Waals surface area contributed by atoms with Crippen LogP contribution in [0, 0.1) is 0 Å². The molecular formula is C2H8O6S2Si. The minimum Gasteiger partial charge on any atom is -0.390 e. The largest absolute Gasteiger partial charge is 0.593 e. The molecule has 0 bridgehead atoms. The van der Waals surface area contributed by atoms with E-state index in [-0.39, 0.29) is 0 Å². The quantitative estimate of drug-likeness (QED) is 0.498. The van der Waals surface area contributed by atoms with Gasteiger partial charge in [0.25, 0.3) is 0 Å². The lowest BCUT2D eigenvalue weighted by molar-refractivity contribution is 0.409. The van der Waals surface area contributed by atoms with Gasteiger partial charge >= 0.3 is 6.86 Å². The lowest BCUT2D eigenvalue weighted by Gasteiger charge is -2.10. The zero-order valence-corrected chi connectivity index (χ0v) is 8.48. The van der Waals surface area contributed by atoms with Crippen LogP contribution in [0.3, 0.4) is 0 Å². The Bertz CT molecular complexity index is 301. The van der Waals surface area contributed by atoms with Gasteiger partial charge in [0.1, 0.15) is 0 Å². The third-order valence-corrected chi connectivity index (χ3v) is 14.1. The van der Waals surface area contributed by atoms with Crippen molar-refractivity contribution in [1.29, 1.82) is 0 Å². The number of rotatable bonds is 2. The Kier molecular flexibility index (Phi) is 2.53. The first-order valence-electron chi connectivity index (χ1n) is 2.34. The molecule has 0 amide bonds. The third-order valence-electron chi connectivity index (χ3n) is 0.966. The fourth-order valence-electron chi connectivity index (χ4n) is 0.275. The van der Waals surface area contributed by atoms with Crippen molar-refractivity contribution in [2.24, 2.45) is 0 Å². The molecule has 68 valence electrons. The Labute approximate surface area is 64.9 Å². The highest BCUT2D eigenvalue weighted by Crippen LogP contribution is 2.09. The van der Waals surface area contributed by atoms with Crippen molar-refractivity contribution in [3.8, 4) is 0 Å². The van der Waals surface area contributed by atoms with E-state index in [2.05, 4.69) is 0 Å². The first-order chi connectivity index (χ1) is 4.50. The summed E-state index contributed by atoms with van der Waals surface area (Å²) in [6.45, 7) is -5.16. The normalized spacial score (nSPS) is 14.9. The molecule has 0 aliphatic heterocycles. The van der Waals surface area contributed by atoms with Gasteiger partial charge in [-0.2, -0.15) is 0 Å². The summed E-state index contributed by atoms with van der Waals surface area (Å²) in [7, 11) is -8.60. The van der Waals surface area contributed by atoms with Crippen LogP contribution in [0.2, 0.25) is 0 Å². The van der Waals surface area contributed by atoms with E-state index in [1.165, 1.54) is 0 Å². The molecule has 0 aromatic rings. The van der Waals surface area contributed by atoms with Gasteiger partial charge < -0.3 is 9.59 Å².